The minimum Gasteiger partial charge on any atom is -0.359 e. The molecule has 1 heterocycles. The Balaban J connectivity index is 1.93. The lowest BCUT2D eigenvalue weighted by Crippen LogP contribution is -2.30. The first kappa shape index (κ1) is 11.0. The van der Waals surface area contributed by atoms with Crippen LogP contribution in [0.2, 0.25) is 0 Å². The van der Waals surface area contributed by atoms with Gasteiger partial charge in [-0.3, -0.25) is 5.32 Å². The average Bonchev–Trinajstić information content (AvgIpc) is 2.80. The number of amides is 2. The molecule has 5 nitrogen and oxygen atoms in total. The van der Waals surface area contributed by atoms with Gasteiger partial charge >= 0.3 is 6.03 Å². The van der Waals surface area contributed by atoms with E-state index in [0.717, 1.165) is 18.6 Å². The van der Waals surface area contributed by atoms with Crippen molar-refractivity contribution in [2.45, 2.75) is 45.1 Å². The predicted octanol–water partition coefficient (Wildman–Crippen LogP) is 2.26. The second kappa shape index (κ2) is 3.81. The van der Waals surface area contributed by atoms with E-state index in [0.29, 0.717) is 11.9 Å². The highest BCUT2D eigenvalue weighted by atomic mass is 16.5. The van der Waals surface area contributed by atoms with E-state index in [2.05, 4.69) is 15.8 Å². The molecule has 1 aliphatic carbocycles. The van der Waals surface area contributed by atoms with Crippen molar-refractivity contribution >= 4 is 11.8 Å². The van der Waals surface area contributed by atoms with E-state index >= 15 is 0 Å². The summed E-state index contributed by atoms with van der Waals surface area (Å²) in [6.07, 6.45) is 2.14. The van der Waals surface area contributed by atoms with Crippen LogP contribution in [0.4, 0.5) is 10.6 Å². The highest BCUT2D eigenvalue weighted by Gasteiger charge is 2.24. The van der Waals surface area contributed by atoms with Gasteiger partial charge in [-0.1, -0.05) is 25.9 Å². The molecule has 0 unspecified atom stereocenters. The number of carbonyl (C=O) groups is 1. The van der Waals surface area contributed by atoms with Gasteiger partial charge in [0.25, 0.3) is 0 Å². The first-order chi connectivity index (χ1) is 7.45. The lowest BCUT2D eigenvalue weighted by molar-refractivity contribution is 0.251. The van der Waals surface area contributed by atoms with Crippen LogP contribution in [0.1, 0.15) is 39.4 Å². The Morgan fingerprint density at radius 3 is 2.69 bits per heavy atom. The molecule has 2 N–H and O–H groups in total. The first-order valence-corrected chi connectivity index (χ1v) is 5.50. The van der Waals surface area contributed by atoms with Crippen molar-refractivity contribution in [1.82, 2.24) is 10.5 Å². The number of nitrogens with zero attached hydrogens (tertiary/aromatic N) is 1. The van der Waals surface area contributed by atoms with Crippen LogP contribution >= 0.6 is 0 Å². The molecule has 1 fully saturated rings. The maximum atomic E-state index is 11.4. The second-order valence-corrected chi connectivity index (χ2v) is 5.20. The standard InChI is InChI=1S/C11H17N3O2/c1-11(2,3)8-6-9(14-16-8)13-10(15)12-7-4-5-7/h6-7H,4-5H2,1-3H3,(H2,12,13,14,15). The third-order valence-electron chi connectivity index (χ3n) is 2.40. The largest absolute Gasteiger partial charge is 0.359 e. The van der Waals surface area contributed by atoms with Crippen molar-refractivity contribution in [1.29, 1.82) is 0 Å². The zero-order valence-electron chi connectivity index (χ0n) is 9.83. The van der Waals surface area contributed by atoms with Crippen LogP contribution < -0.4 is 10.6 Å². The van der Waals surface area contributed by atoms with Crippen LogP contribution in [0.3, 0.4) is 0 Å². The minimum atomic E-state index is -0.212. The van der Waals surface area contributed by atoms with Gasteiger partial charge in [0.1, 0.15) is 5.76 Å². The third kappa shape index (κ3) is 2.74. The van der Waals surface area contributed by atoms with Crippen molar-refractivity contribution in [3.63, 3.8) is 0 Å². The number of nitrogens with one attached hydrogen (secondary N) is 2. The van der Waals surface area contributed by atoms with E-state index in [1.165, 1.54) is 0 Å². The summed E-state index contributed by atoms with van der Waals surface area (Å²) in [7, 11) is 0. The van der Waals surface area contributed by atoms with Gasteiger partial charge < -0.3 is 9.84 Å². The molecule has 16 heavy (non-hydrogen) atoms. The summed E-state index contributed by atoms with van der Waals surface area (Å²) in [4.78, 5) is 11.4. The van der Waals surface area contributed by atoms with E-state index in [-0.39, 0.29) is 11.4 Å². The Morgan fingerprint density at radius 1 is 1.50 bits per heavy atom. The monoisotopic (exact) mass is 223 g/mol. The molecule has 88 valence electrons. The molecule has 0 aromatic carbocycles. The maximum Gasteiger partial charge on any atom is 0.320 e. The average molecular weight is 223 g/mol. The Kier molecular flexibility index (Phi) is 2.61. The van der Waals surface area contributed by atoms with E-state index in [4.69, 9.17) is 4.52 Å². The van der Waals surface area contributed by atoms with Crippen molar-refractivity contribution in [3.8, 4) is 0 Å². The maximum absolute atomic E-state index is 11.4. The van der Waals surface area contributed by atoms with Crippen LogP contribution in [0.5, 0.6) is 0 Å². The molecule has 1 saturated carbocycles. The van der Waals surface area contributed by atoms with Crippen molar-refractivity contribution < 1.29 is 9.32 Å². The molecule has 0 aliphatic heterocycles. The number of urea groups is 1. The van der Waals surface area contributed by atoms with Crippen LogP contribution in [0.15, 0.2) is 10.6 Å². The number of rotatable bonds is 2. The van der Waals surface area contributed by atoms with Crippen LogP contribution in [0, 0.1) is 0 Å². The Hall–Kier alpha value is -1.52. The number of anilines is 1. The summed E-state index contributed by atoms with van der Waals surface area (Å²) >= 11 is 0. The number of carbonyl (C=O) groups excluding carboxylic acids is 1. The molecule has 0 spiro atoms. The summed E-state index contributed by atoms with van der Waals surface area (Å²) in [5.74, 6) is 1.22. The summed E-state index contributed by atoms with van der Waals surface area (Å²) in [6, 6.07) is 1.89. The molecular weight excluding hydrogens is 206 g/mol. The van der Waals surface area contributed by atoms with Gasteiger partial charge in [0, 0.05) is 17.5 Å². The summed E-state index contributed by atoms with van der Waals surface area (Å²) in [5, 5.41) is 9.27. The van der Waals surface area contributed by atoms with Gasteiger partial charge in [0.2, 0.25) is 0 Å². The van der Waals surface area contributed by atoms with E-state index < -0.39 is 0 Å². The first-order valence-electron chi connectivity index (χ1n) is 5.50. The van der Waals surface area contributed by atoms with E-state index in [1.54, 1.807) is 6.07 Å². The Morgan fingerprint density at radius 2 is 2.19 bits per heavy atom. The normalized spacial score (nSPS) is 15.9. The predicted molar refractivity (Wildman–Crippen MR) is 60.4 cm³/mol. The highest BCUT2D eigenvalue weighted by molar-refractivity contribution is 5.88. The zero-order valence-corrected chi connectivity index (χ0v) is 9.83. The van der Waals surface area contributed by atoms with Gasteiger partial charge in [-0.05, 0) is 12.8 Å². The fourth-order valence-corrected chi connectivity index (χ4v) is 1.25. The molecule has 0 bridgehead atoms. The van der Waals surface area contributed by atoms with Gasteiger partial charge in [0.15, 0.2) is 5.82 Å². The van der Waals surface area contributed by atoms with Crippen molar-refractivity contribution in [3.05, 3.63) is 11.8 Å². The smallest absolute Gasteiger partial charge is 0.320 e. The van der Waals surface area contributed by atoms with Crippen molar-refractivity contribution in [2.24, 2.45) is 0 Å². The number of aromatic nitrogens is 1. The van der Waals surface area contributed by atoms with Gasteiger partial charge in [-0.2, -0.15) is 0 Å². The SMILES string of the molecule is CC(C)(C)c1cc(NC(=O)NC2CC2)no1. The molecule has 2 rings (SSSR count). The van der Waals surface area contributed by atoms with Crippen LogP contribution in [-0.2, 0) is 5.41 Å². The van der Waals surface area contributed by atoms with Crippen LogP contribution in [-0.4, -0.2) is 17.2 Å². The summed E-state index contributed by atoms with van der Waals surface area (Å²) in [6.45, 7) is 6.09. The topological polar surface area (TPSA) is 67.2 Å². The summed E-state index contributed by atoms with van der Waals surface area (Å²) < 4.78 is 5.16. The van der Waals surface area contributed by atoms with Gasteiger partial charge in [-0.25, -0.2) is 4.79 Å². The van der Waals surface area contributed by atoms with Crippen molar-refractivity contribution in [2.75, 3.05) is 5.32 Å². The molecule has 1 aliphatic rings. The molecule has 1 aromatic heterocycles. The third-order valence-corrected chi connectivity index (χ3v) is 2.40. The minimum absolute atomic E-state index is 0.0973. The zero-order chi connectivity index (χ0) is 11.8. The Labute approximate surface area is 94.6 Å². The molecule has 0 radical (unpaired) electrons. The highest BCUT2D eigenvalue weighted by Crippen LogP contribution is 2.24. The Bertz CT molecular complexity index is 388. The van der Waals surface area contributed by atoms with Gasteiger partial charge in [-0.15, -0.1) is 0 Å². The number of hydrogen-bond donors (Lipinski definition) is 2. The van der Waals surface area contributed by atoms with E-state index in [9.17, 15) is 4.79 Å². The van der Waals surface area contributed by atoms with E-state index in [1.807, 2.05) is 20.8 Å². The molecular formula is C11H17N3O2. The molecule has 1 aromatic rings. The molecule has 0 saturated heterocycles. The quantitative estimate of drug-likeness (QED) is 0.808. The molecule has 2 amide bonds. The number of hydrogen-bond acceptors (Lipinski definition) is 3. The van der Waals surface area contributed by atoms with Crippen LogP contribution in [0.25, 0.3) is 0 Å². The summed E-state index contributed by atoms with van der Waals surface area (Å²) in [5.41, 5.74) is -0.0973. The van der Waals surface area contributed by atoms with Gasteiger partial charge in [0.05, 0.1) is 0 Å². The molecule has 0 atom stereocenters. The second-order valence-electron chi connectivity index (χ2n) is 5.20. The molecule has 5 heteroatoms. The lowest BCUT2D eigenvalue weighted by Gasteiger charge is -2.12. The fraction of sp³-hybridized carbons (Fsp3) is 0.636. The lowest BCUT2D eigenvalue weighted by atomic mass is 9.93. The fourth-order valence-electron chi connectivity index (χ4n) is 1.25.